The number of ether oxygens (including phenoxy) is 1. The Morgan fingerprint density at radius 3 is 2.90 bits per heavy atom. The summed E-state index contributed by atoms with van der Waals surface area (Å²) in [5.74, 6) is 1.24. The molecule has 110 valence electrons. The smallest absolute Gasteiger partial charge is 0.131 e. The van der Waals surface area contributed by atoms with Gasteiger partial charge in [0.1, 0.15) is 11.5 Å². The number of likely N-dealkylation sites (tertiary alicyclic amines) is 1. The Balaban J connectivity index is 2.13. The first-order valence-electron chi connectivity index (χ1n) is 7.47. The number of ketones is 1. The molecular formula is C17H25NO2. The Morgan fingerprint density at radius 2 is 2.20 bits per heavy atom. The van der Waals surface area contributed by atoms with Crippen molar-refractivity contribution in [3.63, 3.8) is 0 Å². The molecule has 0 bridgehead atoms. The van der Waals surface area contributed by atoms with Crippen LogP contribution in [-0.2, 0) is 11.3 Å². The lowest BCUT2D eigenvalue weighted by molar-refractivity contribution is -0.118. The standard InChI is InChI=1S/C17H25NO2/c1-13-7-8-17(20-3)15(10-13)12-18-9-5-4-6-16(18)11-14(2)19/h7-8,10,16H,4-6,9,11-12H2,1-3H3. The maximum atomic E-state index is 11.4. The normalized spacial score (nSPS) is 19.9. The number of carbonyl (C=O) groups excluding carboxylic acids is 1. The molecule has 0 N–H and O–H groups in total. The molecule has 0 amide bonds. The third-order valence-electron chi connectivity index (χ3n) is 4.08. The van der Waals surface area contributed by atoms with E-state index in [1.165, 1.54) is 24.0 Å². The fraction of sp³-hybridized carbons (Fsp3) is 0.588. The van der Waals surface area contributed by atoms with Gasteiger partial charge in [-0.2, -0.15) is 0 Å². The third-order valence-corrected chi connectivity index (χ3v) is 4.08. The predicted octanol–water partition coefficient (Wildman–Crippen LogP) is 3.34. The number of hydrogen-bond acceptors (Lipinski definition) is 3. The van der Waals surface area contributed by atoms with Crippen LogP contribution >= 0.6 is 0 Å². The van der Waals surface area contributed by atoms with E-state index in [0.29, 0.717) is 12.5 Å². The molecule has 20 heavy (non-hydrogen) atoms. The highest BCUT2D eigenvalue weighted by atomic mass is 16.5. The molecule has 3 heteroatoms. The largest absolute Gasteiger partial charge is 0.496 e. The van der Waals surface area contributed by atoms with E-state index in [4.69, 9.17) is 4.74 Å². The Kier molecular flexibility index (Phi) is 5.18. The molecule has 0 aromatic heterocycles. The second kappa shape index (κ2) is 6.89. The van der Waals surface area contributed by atoms with E-state index in [-0.39, 0.29) is 5.78 Å². The first kappa shape index (κ1) is 15.0. The van der Waals surface area contributed by atoms with Crippen LogP contribution in [0.3, 0.4) is 0 Å². The first-order chi connectivity index (χ1) is 9.60. The van der Waals surface area contributed by atoms with Gasteiger partial charge in [-0.1, -0.05) is 24.1 Å². The Morgan fingerprint density at radius 1 is 1.40 bits per heavy atom. The minimum Gasteiger partial charge on any atom is -0.496 e. The van der Waals surface area contributed by atoms with Crippen molar-refractivity contribution < 1.29 is 9.53 Å². The van der Waals surface area contributed by atoms with Gasteiger partial charge in [0, 0.05) is 24.6 Å². The van der Waals surface area contributed by atoms with Gasteiger partial charge in [0.2, 0.25) is 0 Å². The van der Waals surface area contributed by atoms with Crippen molar-refractivity contribution in [2.75, 3.05) is 13.7 Å². The fourth-order valence-corrected chi connectivity index (χ4v) is 3.08. The van der Waals surface area contributed by atoms with E-state index < -0.39 is 0 Å². The summed E-state index contributed by atoms with van der Waals surface area (Å²) in [6.45, 7) is 5.75. The van der Waals surface area contributed by atoms with Crippen LogP contribution in [0.1, 0.15) is 43.7 Å². The van der Waals surface area contributed by atoms with Crippen molar-refractivity contribution in [2.45, 2.75) is 52.1 Å². The maximum Gasteiger partial charge on any atom is 0.131 e. The maximum absolute atomic E-state index is 11.4. The Hall–Kier alpha value is -1.35. The number of nitrogens with zero attached hydrogens (tertiary/aromatic N) is 1. The van der Waals surface area contributed by atoms with Crippen LogP contribution in [0, 0.1) is 6.92 Å². The lowest BCUT2D eigenvalue weighted by Gasteiger charge is -2.35. The van der Waals surface area contributed by atoms with Crippen molar-refractivity contribution in [1.82, 2.24) is 4.90 Å². The Labute approximate surface area is 121 Å². The van der Waals surface area contributed by atoms with Gasteiger partial charge in [0.15, 0.2) is 0 Å². The molecule has 1 aromatic rings. The number of methoxy groups -OCH3 is 1. The van der Waals surface area contributed by atoms with E-state index in [2.05, 4.69) is 24.0 Å². The molecule has 1 heterocycles. The second-order valence-electron chi connectivity index (χ2n) is 5.84. The van der Waals surface area contributed by atoms with Crippen molar-refractivity contribution in [2.24, 2.45) is 0 Å². The quantitative estimate of drug-likeness (QED) is 0.825. The highest BCUT2D eigenvalue weighted by Gasteiger charge is 2.24. The predicted molar refractivity (Wildman–Crippen MR) is 81.1 cm³/mol. The SMILES string of the molecule is COc1ccc(C)cc1CN1CCCCC1CC(C)=O. The van der Waals surface area contributed by atoms with Crippen LogP contribution in [0.5, 0.6) is 5.75 Å². The summed E-state index contributed by atoms with van der Waals surface area (Å²) in [6.07, 6.45) is 4.27. The summed E-state index contributed by atoms with van der Waals surface area (Å²) in [4.78, 5) is 13.9. The van der Waals surface area contributed by atoms with Gasteiger partial charge in [-0.05, 0) is 39.3 Å². The van der Waals surface area contributed by atoms with Crippen LogP contribution in [0.2, 0.25) is 0 Å². The van der Waals surface area contributed by atoms with Gasteiger partial charge < -0.3 is 4.74 Å². The number of aryl methyl sites for hydroxylation is 1. The monoisotopic (exact) mass is 275 g/mol. The first-order valence-corrected chi connectivity index (χ1v) is 7.47. The van der Waals surface area contributed by atoms with Crippen molar-refractivity contribution in [1.29, 1.82) is 0 Å². The molecule has 1 aromatic carbocycles. The van der Waals surface area contributed by atoms with E-state index in [1.54, 1.807) is 14.0 Å². The zero-order valence-electron chi connectivity index (χ0n) is 12.8. The summed E-state index contributed by atoms with van der Waals surface area (Å²) < 4.78 is 5.46. The number of Topliss-reactive ketones (excluding diaryl/α,β-unsaturated/α-hetero) is 1. The van der Waals surface area contributed by atoms with Crippen LogP contribution in [0.15, 0.2) is 18.2 Å². The molecule has 1 unspecified atom stereocenters. The van der Waals surface area contributed by atoms with Crippen LogP contribution in [0.25, 0.3) is 0 Å². The van der Waals surface area contributed by atoms with Gasteiger partial charge in [-0.3, -0.25) is 9.69 Å². The van der Waals surface area contributed by atoms with Crippen LogP contribution < -0.4 is 4.74 Å². The van der Waals surface area contributed by atoms with E-state index in [1.807, 2.05) is 6.07 Å². The topological polar surface area (TPSA) is 29.5 Å². The average molecular weight is 275 g/mol. The molecule has 1 fully saturated rings. The molecule has 0 radical (unpaired) electrons. The van der Waals surface area contributed by atoms with E-state index in [0.717, 1.165) is 25.3 Å². The van der Waals surface area contributed by atoms with Gasteiger partial charge >= 0.3 is 0 Å². The molecule has 1 aliphatic heterocycles. The van der Waals surface area contributed by atoms with Crippen LogP contribution in [0.4, 0.5) is 0 Å². The second-order valence-corrected chi connectivity index (χ2v) is 5.84. The minimum atomic E-state index is 0.290. The average Bonchev–Trinajstić information content (AvgIpc) is 2.41. The molecular weight excluding hydrogens is 250 g/mol. The molecule has 0 spiro atoms. The molecule has 0 aliphatic carbocycles. The molecule has 3 nitrogen and oxygen atoms in total. The number of carbonyl (C=O) groups is 1. The zero-order valence-corrected chi connectivity index (χ0v) is 12.8. The summed E-state index contributed by atoms with van der Waals surface area (Å²) in [5.41, 5.74) is 2.48. The van der Waals surface area contributed by atoms with Gasteiger partial charge in [-0.15, -0.1) is 0 Å². The van der Waals surface area contributed by atoms with Gasteiger partial charge in [0.25, 0.3) is 0 Å². The van der Waals surface area contributed by atoms with Gasteiger partial charge in [-0.25, -0.2) is 0 Å². The number of hydrogen-bond donors (Lipinski definition) is 0. The molecule has 1 saturated heterocycles. The minimum absolute atomic E-state index is 0.290. The fourth-order valence-electron chi connectivity index (χ4n) is 3.08. The summed E-state index contributed by atoms with van der Waals surface area (Å²) in [6, 6.07) is 6.70. The Bertz CT molecular complexity index is 470. The third kappa shape index (κ3) is 3.83. The van der Waals surface area contributed by atoms with Crippen molar-refractivity contribution in [3.05, 3.63) is 29.3 Å². The number of benzene rings is 1. The highest BCUT2D eigenvalue weighted by molar-refractivity contribution is 5.76. The summed E-state index contributed by atoms with van der Waals surface area (Å²) in [7, 11) is 1.72. The summed E-state index contributed by atoms with van der Waals surface area (Å²) in [5, 5.41) is 0. The molecule has 2 rings (SSSR count). The van der Waals surface area contributed by atoms with Crippen molar-refractivity contribution in [3.8, 4) is 5.75 Å². The van der Waals surface area contributed by atoms with E-state index in [9.17, 15) is 4.79 Å². The van der Waals surface area contributed by atoms with Crippen LogP contribution in [-0.4, -0.2) is 30.4 Å². The molecule has 1 atom stereocenters. The highest BCUT2D eigenvalue weighted by Crippen LogP contribution is 2.26. The molecule has 1 aliphatic rings. The lowest BCUT2D eigenvalue weighted by atomic mass is 9.96. The summed E-state index contributed by atoms with van der Waals surface area (Å²) >= 11 is 0. The molecule has 0 saturated carbocycles. The van der Waals surface area contributed by atoms with Gasteiger partial charge in [0.05, 0.1) is 7.11 Å². The zero-order chi connectivity index (χ0) is 14.5. The number of rotatable bonds is 5. The van der Waals surface area contributed by atoms with Crippen molar-refractivity contribution >= 4 is 5.78 Å². The lowest BCUT2D eigenvalue weighted by Crippen LogP contribution is -2.40. The van der Waals surface area contributed by atoms with E-state index >= 15 is 0 Å². The number of piperidine rings is 1.